The fourth-order valence-electron chi connectivity index (χ4n) is 1.38. The largest absolute Gasteiger partial charge is 0.490 e. The number of hydrogen-bond acceptors (Lipinski definition) is 4. The van der Waals surface area contributed by atoms with E-state index < -0.39 is 0 Å². The minimum Gasteiger partial charge on any atom is -0.490 e. The van der Waals surface area contributed by atoms with E-state index in [2.05, 4.69) is 4.84 Å². The molecule has 0 N–H and O–H groups in total. The number of methoxy groups -OCH3 is 1. The first kappa shape index (κ1) is 9.92. The van der Waals surface area contributed by atoms with Crippen LogP contribution in [-0.4, -0.2) is 25.7 Å². The highest BCUT2D eigenvalue weighted by molar-refractivity contribution is 5.48. The molecule has 1 aliphatic rings. The summed E-state index contributed by atoms with van der Waals surface area (Å²) in [4.78, 5) is 16.2. The first-order chi connectivity index (χ1) is 7.26. The van der Waals surface area contributed by atoms with Gasteiger partial charge in [0.05, 0.1) is 18.6 Å². The molecule has 5 heteroatoms. The summed E-state index contributed by atoms with van der Waals surface area (Å²) in [5, 5.41) is 0. The van der Waals surface area contributed by atoms with Crippen LogP contribution in [-0.2, 0) is 9.57 Å². The van der Waals surface area contributed by atoms with Gasteiger partial charge >= 0.3 is 5.69 Å². The van der Waals surface area contributed by atoms with Crippen LogP contribution in [0.25, 0.3) is 0 Å². The van der Waals surface area contributed by atoms with Gasteiger partial charge < -0.3 is 9.47 Å². The molecule has 5 nitrogen and oxygen atoms in total. The van der Waals surface area contributed by atoms with Gasteiger partial charge in [0.25, 0.3) is 4.92 Å². The van der Waals surface area contributed by atoms with Crippen molar-refractivity contribution >= 4 is 5.69 Å². The average Bonchev–Trinajstić information content (AvgIpc) is 3.11. The maximum absolute atomic E-state index is 11.3. The zero-order chi connectivity index (χ0) is 10.8. The number of ether oxygens (including phenoxy) is 2. The third-order valence-electron chi connectivity index (χ3n) is 2.27. The molecular weight excluding hydrogens is 198 g/mol. The molecule has 1 heterocycles. The Bertz CT molecular complexity index is 387. The molecule has 1 unspecified atom stereocenters. The van der Waals surface area contributed by atoms with Crippen molar-refractivity contribution in [2.45, 2.75) is 6.10 Å². The van der Waals surface area contributed by atoms with Gasteiger partial charge in [0.1, 0.15) is 6.10 Å². The monoisotopic (exact) mass is 210 g/mol. The van der Waals surface area contributed by atoms with Crippen LogP contribution < -0.4 is 4.74 Å². The molecular formula is C10H12NO4+. The van der Waals surface area contributed by atoms with Crippen molar-refractivity contribution in [3.8, 4) is 5.75 Å². The van der Waals surface area contributed by atoms with Crippen molar-refractivity contribution in [1.29, 1.82) is 0 Å². The van der Waals surface area contributed by atoms with Gasteiger partial charge in [0.2, 0.25) is 5.75 Å². The Morgan fingerprint density at radius 3 is 2.73 bits per heavy atom. The fraction of sp³-hybridized carbons (Fsp3) is 0.400. The zero-order valence-corrected chi connectivity index (χ0v) is 8.60. The van der Waals surface area contributed by atoms with E-state index in [0.29, 0.717) is 16.4 Å². The quantitative estimate of drug-likeness (QED) is 0.561. The second kappa shape index (κ2) is 3.86. The van der Waals surface area contributed by atoms with E-state index in [1.165, 1.54) is 14.2 Å². The molecule has 0 amide bonds. The molecule has 1 aromatic rings. The maximum Gasteiger partial charge on any atom is 0.358 e. The van der Waals surface area contributed by atoms with Crippen LogP contribution in [0.2, 0.25) is 0 Å². The Labute approximate surface area is 87.1 Å². The summed E-state index contributed by atoms with van der Waals surface area (Å²) in [6, 6.07) is 5.28. The standard InChI is InChI=1S/C10H12NO4/c1-13-9-5-7(10-6-15-10)3-4-8(9)11(12)14-2/h3-5,10H,6H2,1-2H3/q+1. The molecule has 80 valence electrons. The molecule has 0 bridgehead atoms. The Kier molecular flexibility index (Phi) is 2.55. The van der Waals surface area contributed by atoms with Crippen molar-refractivity contribution < 1.29 is 19.2 Å². The molecule has 0 aliphatic carbocycles. The summed E-state index contributed by atoms with van der Waals surface area (Å²) in [6.07, 6.45) is 0.149. The Balaban J connectivity index is 2.34. The smallest absolute Gasteiger partial charge is 0.358 e. The summed E-state index contributed by atoms with van der Waals surface area (Å²) >= 11 is 0. The van der Waals surface area contributed by atoms with Crippen molar-refractivity contribution in [2.75, 3.05) is 20.8 Å². The second-order valence-corrected chi connectivity index (χ2v) is 3.19. The third kappa shape index (κ3) is 1.92. The normalized spacial score (nSPS) is 18.4. The molecule has 1 atom stereocenters. The Morgan fingerprint density at radius 2 is 2.20 bits per heavy atom. The predicted molar refractivity (Wildman–Crippen MR) is 52.0 cm³/mol. The average molecular weight is 210 g/mol. The van der Waals surface area contributed by atoms with Crippen LogP contribution >= 0.6 is 0 Å². The van der Waals surface area contributed by atoms with Gasteiger partial charge in [0.15, 0.2) is 7.11 Å². The molecule has 0 radical (unpaired) electrons. The van der Waals surface area contributed by atoms with Gasteiger partial charge in [-0.15, -0.1) is 0 Å². The molecule has 1 fully saturated rings. The molecule has 2 rings (SSSR count). The van der Waals surface area contributed by atoms with Gasteiger partial charge in [0, 0.05) is 6.07 Å². The van der Waals surface area contributed by atoms with Crippen molar-refractivity contribution in [3.63, 3.8) is 0 Å². The van der Waals surface area contributed by atoms with E-state index in [1.807, 2.05) is 6.07 Å². The molecule has 1 aliphatic heterocycles. The number of hydrogen-bond donors (Lipinski definition) is 0. The van der Waals surface area contributed by atoms with E-state index in [0.717, 1.165) is 12.2 Å². The van der Waals surface area contributed by atoms with E-state index in [1.54, 1.807) is 12.1 Å². The summed E-state index contributed by atoms with van der Waals surface area (Å²) in [7, 11) is 2.82. The maximum atomic E-state index is 11.3. The fourth-order valence-corrected chi connectivity index (χ4v) is 1.38. The van der Waals surface area contributed by atoms with Gasteiger partial charge in [-0.3, -0.25) is 0 Å². The minimum absolute atomic E-state index is 0.149. The molecule has 1 aromatic carbocycles. The van der Waals surface area contributed by atoms with Gasteiger partial charge in [-0.1, -0.05) is 0 Å². The number of benzene rings is 1. The topological polar surface area (TPSA) is 51.1 Å². The van der Waals surface area contributed by atoms with E-state index in [9.17, 15) is 4.91 Å². The summed E-state index contributed by atoms with van der Waals surface area (Å²) < 4.78 is 10.3. The molecule has 0 saturated carbocycles. The second-order valence-electron chi connectivity index (χ2n) is 3.19. The first-order valence-corrected chi connectivity index (χ1v) is 4.57. The van der Waals surface area contributed by atoms with E-state index in [-0.39, 0.29) is 6.10 Å². The van der Waals surface area contributed by atoms with Gasteiger partial charge in [-0.25, -0.2) is 4.84 Å². The highest BCUT2D eigenvalue weighted by Gasteiger charge is 2.29. The predicted octanol–water partition coefficient (Wildman–Crippen LogP) is 1.74. The van der Waals surface area contributed by atoms with Crippen LogP contribution in [0, 0.1) is 4.91 Å². The van der Waals surface area contributed by atoms with Crippen molar-refractivity contribution in [1.82, 2.24) is 0 Å². The summed E-state index contributed by atoms with van der Waals surface area (Å²) in [5.41, 5.74) is 1.37. The number of nitrogens with zero attached hydrogens (tertiary/aromatic N) is 1. The lowest BCUT2D eigenvalue weighted by Crippen LogP contribution is -2.01. The Hall–Kier alpha value is -1.62. The number of epoxide rings is 1. The van der Waals surface area contributed by atoms with Crippen LogP contribution in [0.15, 0.2) is 18.2 Å². The van der Waals surface area contributed by atoms with Crippen LogP contribution in [0.1, 0.15) is 11.7 Å². The van der Waals surface area contributed by atoms with E-state index in [4.69, 9.17) is 9.47 Å². The summed E-state index contributed by atoms with van der Waals surface area (Å²) in [6.45, 7) is 0.730. The first-order valence-electron chi connectivity index (χ1n) is 4.57. The highest BCUT2D eigenvalue weighted by Crippen LogP contribution is 2.35. The zero-order valence-electron chi connectivity index (χ0n) is 8.60. The van der Waals surface area contributed by atoms with Gasteiger partial charge in [-0.05, 0) is 17.7 Å². The Morgan fingerprint density at radius 1 is 1.47 bits per heavy atom. The molecule has 0 spiro atoms. The molecule has 1 saturated heterocycles. The van der Waals surface area contributed by atoms with Crippen LogP contribution in [0.3, 0.4) is 0 Å². The SMILES string of the molecule is COc1cc(C2CO2)ccc1[N+](=O)OC. The van der Waals surface area contributed by atoms with Crippen LogP contribution in [0.4, 0.5) is 5.69 Å². The highest BCUT2D eigenvalue weighted by atomic mass is 16.8. The van der Waals surface area contributed by atoms with Gasteiger partial charge in [-0.2, -0.15) is 0 Å². The number of rotatable bonds is 4. The lowest BCUT2D eigenvalue weighted by Gasteiger charge is -2.01. The molecule has 0 aromatic heterocycles. The minimum atomic E-state index is 0.149. The van der Waals surface area contributed by atoms with Crippen molar-refractivity contribution in [3.05, 3.63) is 28.7 Å². The van der Waals surface area contributed by atoms with Crippen molar-refractivity contribution in [2.24, 2.45) is 0 Å². The third-order valence-corrected chi connectivity index (χ3v) is 2.27. The summed E-state index contributed by atoms with van der Waals surface area (Å²) in [5.74, 6) is 0.486. The van der Waals surface area contributed by atoms with E-state index >= 15 is 0 Å². The molecule has 15 heavy (non-hydrogen) atoms. The lowest BCUT2D eigenvalue weighted by atomic mass is 10.1. The van der Waals surface area contributed by atoms with Crippen LogP contribution in [0.5, 0.6) is 5.75 Å². The lowest BCUT2D eigenvalue weighted by molar-refractivity contribution is -0.736.